The van der Waals surface area contributed by atoms with Crippen LogP contribution in [0.3, 0.4) is 0 Å². The lowest BCUT2D eigenvalue weighted by atomic mass is 9.96. The number of nitrogens with zero attached hydrogens (tertiary/aromatic N) is 2. The predicted molar refractivity (Wildman–Crippen MR) is 94.1 cm³/mol. The van der Waals surface area contributed by atoms with Gasteiger partial charge in [0.25, 0.3) is 5.69 Å². The maximum absolute atomic E-state index is 12.5. The summed E-state index contributed by atoms with van der Waals surface area (Å²) in [5.74, 6) is -0.350. The molecular formula is C17H23N3O6. The largest absolute Gasteiger partial charge is 0.494 e. The van der Waals surface area contributed by atoms with Gasteiger partial charge in [-0.3, -0.25) is 24.6 Å². The Balaban J connectivity index is 1.99. The van der Waals surface area contributed by atoms with E-state index >= 15 is 0 Å². The van der Waals surface area contributed by atoms with Crippen LogP contribution < -0.4 is 10.1 Å². The highest BCUT2D eigenvalue weighted by Crippen LogP contribution is 2.29. The smallest absolute Gasteiger partial charge is 0.308 e. The molecule has 0 unspecified atom stereocenters. The zero-order valence-corrected chi connectivity index (χ0v) is 15.1. The monoisotopic (exact) mass is 365 g/mol. The van der Waals surface area contributed by atoms with E-state index in [9.17, 15) is 19.7 Å². The van der Waals surface area contributed by atoms with Crippen LogP contribution in [0.5, 0.6) is 5.75 Å². The Labute approximate surface area is 151 Å². The molecule has 9 nitrogen and oxygen atoms in total. The average molecular weight is 365 g/mol. The van der Waals surface area contributed by atoms with Crippen LogP contribution in [0.2, 0.25) is 0 Å². The number of benzene rings is 1. The van der Waals surface area contributed by atoms with Crippen molar-refractivity contribution in [2.45, 2.75) is 25.8 Å². The van der Waals surface area contributed by atoms with Crippen LogP contribution in [-0.2, 0) is 14.3 Å². The normalized spacial score (nSPS) is 16.6. The molecule has 142 valence electrons. The Kier molecular flexibility index (Phi) is 6.51. The Morgan fingerprint density at radius 1 is 1.31 bits per heavy atom. The van der Waals surface area contributed by atoms with Gasteiger partial charge >= 0.3 is 5.97 Å². The molecule has 1 N–H and O–H groups in total. The molecule has 9 heteroatoms. The van der Waals surface area contributed by atoms with Crippen molar-refractivity contribution in [2.24, 2.45) is 5.92 Å². The summed E-state index contributed by atoms with van der Waals surface area (Å²) >= 11 is 0. The maximum Gasteiger partial charge on any atom is 0.308 e. The molecule has 1 saturated heterocycles. The lowest BCUT2D eigenvalue weighted by molar-refractivity contribution is -0.384. The van der Waals surface area contributed by atoms with E-state index in [2.05, 4.69) is 5.32 Å². The number of carbonyl (C=O) groups excluding carboxylic acids is 2. The predicted octanol–water partition coefficient (Wildman–Crippen LogP) is 1.82. The first-order valence-electron chi connectivity index (χ1n) is 8.32. The number of anilines is 1. The fourth-order valence-electron chi connectivity index (χ4n) is 2.99. The number of esters is 1. The summed E-state index contributed by atoms with van der Waals surface area (Å²) in [6, 6.07) is 3.62. The fraction of sp³-hybridized carbons (Fsp3) is 0.529. The van der Waals surface area contributed by atoms with Gasteiger partial charge < -0.3 is 14.8 Å². The molecule has 1 aromatic rings. The molecule has 1 aliphatic heterocycles. The molecule has 1 fully saturated rings. The molecule has 0 aliphatic carbocycles. The van der Waals surface area contributed by atoms with Gasteiger partial charge in [0.1, 0.15) is 5.75 Å². The van der Waals surface area contributed by atoms with Gasteiger partial charge in [0.05, 0.1) is 42.9 Å². The van der Waals surface area contributed by atoms with E-state index in [4.69, 9.17) is 9.47 Å². The zero-order chi connectivity index (χ0) is 19.3. The van der Waals surface area contributed by atoms with E-state index in [1.807, 2.05) is 4.90 Å². The number of methoxy groups -OCH3 is 2. The molecule has 1 heterocycles. The minimum atomic E-state index is -0.526. The number of hydrogen-bond acceptors (Lipinski definition) is 7. The number of nitro benzene ring substituents is 1. The van der Waals surface area contributed by atoms with Gasteiger partial charge in [-0.2, -0.15) is 0 Å². The number of hydrogen-bond donors (Lipinski definition) is 1. The number of likely N-dealkylation sites (tertiary alicyclic amines) is 1. The highest BCUT2D eigenvalue weighted by Gasteiger charge is 2.30. The summed E-state index contributed by atoms with van der Waals surface area (Å²) in [5.41, 5.74) is 0.261. The lowest BCUT2D eigenvalue weighted by Crippen LogP contribution is -2.47. The molecule has 0 spiro atoms. The summed E-state index contributed by atoms with van der Waals surface area (Å²) in [4.78, 5) is 36.4. The van der Waals surface area contributed by atoms with Gasteiger partial charge in [-0.25, -0.2) is 0 Å². The van der Waals surface area contributed by atoms with E-state index in [0.29, 0.717) is 31.6 Å². The molecule has 1 aliphatic rings. The van der Waals surface area contributed by atoms with Gasteiger partial charge in [0, 0.05) is 6.07 Å². The van der Waals surface area contributed by atoms with Crippen LogP contribution >= 0.6 is 0 Å². The molecule has 0 radical (unpaired) electrons. The molecule has 0 aromatic heterocycles. The third-order valence-electron chi connectivity index (χ3n) is 4.65. The number of piperidine rings is 1. The number of nitro groups is 1. The van der Waals surface area contributed by atoms with Crippen molar-refractivity contribution in [1.29, 1.82) is 0 Å². The fourth-order valence-corrected chi connectivity index (χ4v) is 2.99. The Bertz CT molecular complexity index is 685. The Morgan fingerprint density at radius 2 is 1.96 bits per heavy atom. The van der Waals surface area contributed by atoms with Crippen LogP contribution in [0.4, 0.5) is 11.4 Å². The highest BCUT2D eigenvalue weighted by molar-refractivity contribution is 5.96. The van der Waals surface area contributed by atoms with Gasteiger partial charge in [-0.05, 0) is 38.9 Å². The first-order valence-corrected chi connectivity index (χ1v) is 8.32. The molecule has 1 aromatic carbocycles. The van der Waals surface area contributed by atoms with Crippen molar-refractivity contribution in [3.63, 3.8) is 0 Å². The molecule has 26 heavy (non-hydrogen) atoms. The zero-order valence-electron chi connectivity index (χ0n) is 15.1. The number of rotatable bonds is 6. The summed E-state index contributed by atoms with van der Waals surface area (Å²) < 4.78 is 9.90. The lowest BCUT2D eigenvalue weighted by Gasteiger charge is -2.34. The summed E-state index contributed by atoms with van der Waals surface area (Å²) in [6.45, 7) is 3.02. The molecular weight excluding hydrogens is 342 g/mol. The van der Waals surface area contributed by atoms with Crippen molar-refractivity contribution in [2.75, 3.05) is 32.6 Å². The Morgan fingerprint density at radius 3 is 2.50 bits per heavy atom. The van der Waals surface area contributed by atoms with Crippen molar-refractivity contribution in [3.8, 4) is 5.75 Å². The molecule has 0 bridgehead atoms. The van der Waals surface area contributed by atoms with Crippen molar-refractivity contribution < 1.29 is 24.0 Å². The van der Waals surface area contributed by atoms with Crippen molar-refractivity contribution in [3.05, 3.63) is 28.3 Å². The topological polar surface area (TPSA) is 111 Å². The van der Waals surface area contributed by atoms with Crippen molar-refractivity contribution in [1.82, 2.24) is 4.90 Å². The molecule has 1 amide bonds. The van der Waals surface area contributed by atoms with Crippen LogP contribution in [0, 0.1) is 16.0 Å². The minimum Gasteiger partial charge on any atom is -0.494 e. The standard InChI is InChI=1S/C17H23N3O6/c1-11(19-8-6-12(7-9-19)17(22)26-3)16(21)18-14-5-4-13(20(23)24)10-15(14)25-2/h4-5,10-12H,6-9H2,1-3H3,(H,18,21)/t11-/m1/s1. The SMILES string of the molecule is COC(=O)C1CCN([C@H](C)C(=O)Nc2ccc([N+](=O)[O-])cc2OC)CC1. The van der Waals surface area contributed by atoms with E-state index in [0.717, 1.165) is 0 Å². The van der Waals surface area contributed by atoms with E-state index in [-0.39, 0.29) is 29.2 Å². The van der Waals surface area contributed by atoms with Crippen LogP contribution in [0.25, 0.3) is 0 Å². The van der Waals surface area contributed by atoms with Gasteiger partial charge in [0.15, 0.2) is 0 Å². The molecule has 1 atom stereocenters. The third kappa shape index (κ3) is 4.48. The van der Waals surface area contributed by atoms with E-state index in [1.54, 1.807) is 6.92 Å². The number of amides is 1. The minimum absolute atomic E-state index is 0.113. The second-order valence-corrected chi connectivity index (χ2v) is 6.14. The molecule has 2 rings (SSSR count). The maximum atomic E-state index is 12.5. The summed E-state index contributed by atoms with van der Waals surface area (Å²) in [6.07, 6.45) is 1.29. The average Bonchev–Trinajstić information content (AvgIpc) is 2.66. The quantitative estimate of drug-likeness (QED) is 0.465. The molecule has 0 saturated carbocycles. The summed E-state index contributed by atoms with van der Waals surface area (Å²) in [5, 5.41) is 13.6. The number of non-ortho nitro benzene ring substituents is 1. The third-order valence-corrected chi connectivity index (χ3v) is 4.65. The first kappa shape index (κ1) is 19.6. The number of nitrogens with one attached hydrogen (secondary N) is 1. The van der Waals surface area contributed by atoms with Crippen molar-refractivity contribution >= 4 is 23.3 Å². The Hall–Kier alpha value is -2.68. The highest BCUT2D eigenvalue weighted by atomic mass is 16.6. The van der Waals surface area contributed by atoms with Crippen LogP contribution in [0.15, 0.2) is 18.2 Å². The van der Waals surface area contributed by atoms with Gasteiger partial charge in [-0.15, -0.1) is 0 Å². The van der Waals surface area contributed by atoms with Crippen LogP contribution in [0.1, 0.15) is 19.8 Å². The number of ether oxygens (including phenoxy) is 2. The second-order valence-electron chi connectivity index (χ2n) is 6.14. The van der Waals surface area contributed by atoms with Gasteiger partial charge in [0.2, 0.25) is 5.91 Å². The van der Waals surface area contributed by atoms with Gasteiger partial charge in [-0.1, -0.05) is 0 Å². The van der Waals surface area contributed by atoms with E-state index < -0.39 is 11.0 Å². The second kappa shape index (κ2) is 8.61. The van der Waals surface area contributed by atoms with E-state index in [1.165, 1.54) is 32.4 Å². The number of carbonyl (C=O) groups is 2. The van der Waals surface area contributed by atoms with Crippen LogP contribution in [-0.4, -0.2) is 55.1 Å². The summed E-state index contributed by atoms with van der Waals surface area (Å²) in [7, 11) is 2.76. The first-order chi connectivity index (χ1) is 12.4.